The fourth-order valence-electron chi connectivity index (χ4n) is 2.68. The second kappa shape index (κ2) is 7.98. The minimum absolute atomic E-state index is 0. The Labute approximate surface area is 146 Å². The van der Waals surface area contributed by atoms with Crippen LogP contribution in [0.3, 0.4) is 0 Å². The molecule has 1 aliphatic heterocycles. The number of hydrogen-bond donors (Lipinski definition) is 1. The van der Waals surface area contributed by atoms with Gasteiger partial charge in [-0.05, 0) is 30.2 Å². The van der Waals surface area contributed by atoms with E-state index >= 15 is 0 Å². The molecule has 1 fully saturated rings. The molecule has 136 valence electrons. The van der Waals surface area contributed by atoms with Gasteiger partial charge in [-0.3, -0.25) is 10.1 Å². The standard InChI is InChI=1S/C16H22F2N2O3.ClH/c1-10-5-13(22-3)14(23-4)6-11(10)8-20(2)15(21)12-7-16(17,18)9-19-12;/h5-6,12,19H,7-9H2,1-4H3;1H. The molecule has 1 atom stereocenters. The van der Waals surface area contributed by atoms with Crippen LogP contribution in [0.5, 0.6) is 11.5 Å². The summed E-state index contributed by atoms with van der Waals surface area (Å²) >= 11 is 0. The molecule has 24 heavy (non-hydrogen) atoms. The van der Waals surface area contributed by atoms with Crippen molar-refractivity contribution in [1.29, 1.82) is 0 Å². The smallest absolute Gasteiger partial charge is 0.262 e. The third kappa shape index (κ3) is 4.48. The van der Waals surface area contributed by atoms with Gasteiger partial charge in [0.25, 0.3) is 5.92 Å². The van der Waals surface area contributed by atoms with Crippen LogP contribution in [0.1, 0.15) is 17.5 Å². The Kier molecular flexibility index (Phi) is 6.80. The van der Waals surface area contributed by atoms with Gasteiger partial charge in [-0.15, -0.1) is 12.4 Å². The van der Waals surface area contributed by atoms with Gasteiger partial charge in [0.1, 0.15) is 0 Å². The summed E-state index contributed by atoms with van der Waals surface area (Å²) in [7, 11) is 4.70. The molecule has 2 rings (SSSR count). The Morgan fingerprint density at radius 1 is 1.33 bits per heavy atom. The van der Waals surface area contributed by atoms with E-state index in [0.717, 1.165) is 11.1 Å². The topological polar surface area (TPSA) is 50.8 Å². The van der Waals surface area contributed by atoms with Gasteiger partial charge >= 0.3 is 0 Å². The van der Waals surface area contributed by atoms with Crippen molar-refractivity contribution in [1.82, 2.24) is 10.2 Å². The summed E-state index contributed by atoms with van der Waals surface area (Å²) in [4.78, 5) is 13.8. The van der Waals surface area contributed by atoms with E-state index in [9.17, 15) is 13.6 Å². The molecule has 1 unspecified atom stereocenters. The van der Waals surface area contributed by atoms with Crippen LogP contribution in [0, 0.1) is 6.92 Å². The molecule has 1 aromatic carbocycles. The number of aryl methyl sites for hydroxylation is 1. The van der Waals surface area contributed by atoms with Gasteiger partial charge in [0.05, 0.1) is 26.8 Å². The predicted octanol–water partition coefficient (Wildman–Crippen LogP) is 2.39. The highest BCUT2D eigenvalue weighted by Crippen LogP contribution is 2.31. The molecule has 1 aromatic rings. The quantitative estimate of drug-likeness (QED) is 0.871. The van der Waals surface area contributed by atoms with Gasteiger partial charge in [0, 0.05) is 20.0 Å². The van der Waals surface area contributed by atoms with Crippen LogP contribution in [-0.4, -0.2) is 50.6 Å². The molecule has 0 bridgehead atoms. The van der Waals surface area contributed by atoms with Gasteiger partial charge in [-0.1, -0.05) is 0 Å². The van der Waals surface area contributed by atoms with E-state index in [1.165, 1.54) is 12.0 Å². The SMILES string of the molecule is COc1cc(C)c(CN(C)C(=O)C2CC(F)(F)CN2)cc1OC.Cl. The van der Waals surface area contributed by atoms with Crippen LogP contribution in [-0.2, 0) is 11.3 Å². The molecule has 1 heterocycles. The van der Waals surface area contributed by atoms with Gasteiger partial charge in [0.15, 0.2) is 11.5 Å². The molecule has 1 aliphatic rings. The Morgan fingerprint density at radius 2 is 1.92 bits per heavy atom. The Morgan fingerprint density at radius 3 is 2.42 bits per heavy atom. The van der Waals surface area contributed by atoms with Crippen LogP contribution < -0.4 is 14.8 Å². The molecule has 0 spiro atoms. The summed E-state index contributed by atoms with van der Waals surface area (Å²) < 4.78 is 36.9. The number of likely N-dealkylation sites (N-methyl/N-ethyl adjacent to an activating group) is 1. The molecule has 1 saturated heterocycles. The van der Waals surface area contributed by atoms with Crippen molar-refractivity contribution in [3.05, 3.63) is 23.3 Å². The Hall–Kier alpha value is -1.60. The van der Waals surface area contributed by atoms with E-state index in [2.05, 4.69) is 5.32 Å². The van der Waals surface area contributed by atoms with Gasteiger partial charge < -0.3 is 14.4 Å². The van der Waals surface area contributed by atoms with Gasteiger partial charge in [-0.25, -0.2) is 8.78 Å². The highest BCUT2D eigenvalue weighted by atomic mass is 35.5. The lowest BCUT2D eigenvalue weighted by atomic mass is 10.1. The first-order chi connectivity index (χ1) is 10.8. The maximum atomic E-state index is 13.2. The minimum Gasteiger partial charge on any atom is -0.493 e. The number of hydrogen-bond acceptors (Lipinski definition) is 4. The second-order valence-electron chi connectivity index (χ2n) is 5.82. The summed E-state index contributed by atoms with van der Waals surface area (Å²) in [5.74, 6) is -1.98. The zero-order chi connectivity index (χ0) is 17.2. The Bertz CT molecular complexity index is 599. The molecule has 0 saturated carbocycles. The number of carbonyl (C=O) groups excluding carboxylic acids is 1. The second-order valence-corrected chi connectivity index (χ2v) is 5.82. The lowest BCUT2D eigenvalue weighted by Gasteiger charge is -2.22. The number of nitrogens with zero attached hydrogens (tertiary/aromatic N) is 1. The normalized spacial score (nSPS) is 18.7. The number of amides is 1. The highest BCUT2D eigenvalue weighted by molar-refractivity contribution is 5.85. The summed E-state index contributed by atoms with van der Waals surface area (Å²) in [6.45, 7) is 1.76. The van der Waals surface area contributed by atoms with E-state index in [0.29, 0.717) is 18.0 Å². The fraction of sp³-hybridized carbons (Fsp3) is 0.562. The number of rotatable bonds is 5. The number of carbonyl (C=O) groups is 1. The van der Waals surface area contributed by atoms with Crippen molar-refractivity contribution < 1.29 is 23.0 Å². The number of benzene rings is 1. The number of nitrogens with one attached hydrogen (secondary N) is 1. The van der Waals surface area contributed by atoms with E-state index in [1.807, 2.05) is 13.0 Å². The van der Waals surface area contributed by atoms with E-state index in [-0.39, 0.29) is 18.3 Å². The van der Waals surface area contributed by atoms with Crippen molar-refractivity contribution in [2.24, 2.45) is 0 Å². The number of alkyl halides is 2. The van der Waals surface area contributed by atoms with E-state index < -0.39 is 24.9 Å². The molecular weight excluding hydrogens is 342 g/mol. The third-order valence-electron chi connectivity index (χ3n) is 4.03. The van der Waals surface area contributed by atoms with Crippen LogP contribution >= 0.6 is 12.4 Å². The lowest BCUT2D eigenvalue weighted by Crippen LogP contribution is -2.41. The van der Waals surface area contributed by atoms with Crippen molar-refractivity contribution in [2.75, 3.05) is 27.8 Å². The predicted molar refractivity (Wildman–Crippen MR) is 89.4 cm³/mol. The summed E-state index contributed by atoms with van der Waals surface area (Å²) in [6, 6.07) is 2.79. The first-order valence-corrected chi connectivity index (χ1v) is 7.35. The van der Waals surface area contributed by atoms with Crippen LogP contribution in [0.2, 0.25) is 0 Å². The molecule has 1 amide bonds. The van der Waals surface area contributed by atoms with E-state index in [1.54, 1.807) is 20.2 Å². The molecule has 8 heteroatoms. The van der Waals surface area contributed by atoms with Crippen LogP contribution in [0.15, 0.2) is 12.1 Å². The average Bonchev–Trinajstić information content (AvgIpc) is 2.87. The molecule has 0 aromatic heterocycles. The maximum Gasteiger partial charge on any atom is 0.262 e. The fourth-order valence-corrected chi connectivity index (χ4v) is 2.68. The van der Waals surface area contributed by atoms with Gasteiger partial charge in [0.2, 0.25) is 5.91 Å². The lowest BCUT2D eigenvalue weighted by molar-refractivity contribution is -0.132. The Balaban J connectivity index is 0.00000288. The van der Waals surface area contributed by atoms with Crippen LogP contribution in [0.4, 0.5) is 8.78 Å². The van der Waals surface area contributed by atoms with Crippen molar-refractivity contribution >= 4 is 18.3 Å². The first kappa shape index (κ1) is 20.4. The number of ether oxygens (including phenoxy) is 2. The summed E-state index contributed by atoms with van der Waals surface area (Å²) in [5.41, 5.74) is 1.82. The molecule has 5 nitrogen and oxygen atoms in total. The molecule has 1 N–H and O–H groups in total. The minimum atomic E-state index is -2.82. The molecule has 0 aliphatic carbocycles. The van der Waals surface area contributed by atoms with Crippen LogP contribution in [0.25, 0.3) is 0 Å². The molecular formula is C16H23ClF2N2O3. The zero-order valence-electron chi connectivity index (χ0n) is 14.2. The summed E-state index contributed by atoms with van der Waals surface area (Å²) in [5, 5.41) is 2.58. The monoisotopic (exact) mass is 364 g/mol. The maximum absolute atomic E-state index is 13.2. The number of methoxy groups -OCH3 is 2. The largest absolute Gasteiger partial charge is 0.493 e. The van der Waals surface area contributed by atoms with Gasteiger partial charge in [-0.2, -0.15) is 0 Å². The van der Waals surface area contributed by atoms with Crippen molar-refractivity contribution in [2.45, 2.75) is 31.9 Å². The molecule has 0 radical (unpaired) electrons. The highest BCUT2D eigenvalue weighted by Gasteiger charge is 2.43. The van der Waals surface area contributed by atoms with Crippen molar-refractivity contribution in [3.8, 4) is 11.5 Å². The first-order valence-electron chi connectivity index (χ1n) is 7.35. The third-order valence-corrected chi connectivity index (χ3v) is 4.03. The van der Waals surface area contributed by atoms with E-state index in [4.69, 9.17) is 9.47 Å². The zero-order valence-corrected chi connectivity index (χ0v) is 15.0. The average molecular weight is 365 g/mol. The number of halogens is 3. The summed E-state index contributed by atoms with van der Waals surface area (Å²) in [6.07, 6.45) is -0.457. The van der Waals surface area contributed by atoms with Crippen molar-refractivity contribution in [3.63, 3.8) is 0 Å².